The van der Waals surface area contributed by atoms with E-state index < -0.39 is 9.84 Å². The van der Waals surface area contributed by atoms with Gasteiger partial charge in [0.25, 0.3) is 0 Å². The zero-order valence-electron chi connectivity index (χ0n) is 14.2. The predicted octanol–water partition coefficient (Wildman–Crippen LogP) is 3.38. The molecule has 1 atom stereocenters. The van der Waals surface area contributed by atoms with Crippen LogP contribution in [-0.4, -0.2) is 36.0 Å². The van der Waals surface area contributed by atoms with Gasteiger partial charge in [-0.05, 0) is 43.3 Å². The van der Waals surface area contributed by atoms with Crippen LogP contribution < -0.4 is 5.32 Å². The van der Waals surface area contributed by atoms with Crippen molar-refractivity contribution >= 4 is 32.9 Å². The molecule has 0 amide bonds. The van der Waals surface area contributed by atoms with Gasteiger partial charge in [0.1, 0.15) is 0 Å². The van der Waals surface area contributed by atoms with Crippen LogP contribution in [0.1, 0.15) is 17.5 Å². The number of rotatable bonds is 4. The summed E-state index contributed by atoms with van der Waals surface area (Å²) in [5, 5.41) is 3.82. The molecule has 1 N–H and O–H groups in total. The van der Waals surface area contributed by atoms with Crippen LogP contribution in [-0.2, 0) is 16.4 Å². The first-order valence-electron chi connectivity index (χ1n) is 8.31. The van der Waals surface area contributed by atoms with Gasteiger partial charge in [0, 0.05) is 18.3 Å². The van der Waals surface area contributed by atoms with Gasteiger partial charge in [-0.25, -0.2) is 8.42 Å². The molecule has 25 heavy (non-hydrogen) atoms. The molecule has 4 nitrogen and oxygen atoms in total. The van der Waals surface area contributed by atoms with Gasteiger partial charge in [0.2, 0.25) is 0 Å². The van der Waals surface area contributed by atoms with Crippen LogP contribution in [0.2, 0.25) is 0 Å². The predicted molar refractivity (Wildman–Crippen MR) is 106 cm³/mol. The van der Waals surface area contributed by atoms with Gasteiger partial charge >= 0.3 is 0 Å². The average molecular weight is 375 g/mol. The standard InChI is InChI=1S/C19H22N2O2S2/c1-15-7-9-17(10-8-15)20-19(24)21(13-16-5-3-2-4-6-16)18-11-12-25(22,23)14-18/h2-10,18H,11-14H2,1H3,(H,20,24)/t18-/m1/s1. The van der Waals surface area contributed by atoms with Crippen LogP contribution in [0, 0.1) is 6.92 Å². The largest absolute Gasteiger partial charge is 0.341 e. The molecule has 0 radical (unpaired) electrons. The highest BCUT2D eigenvalue weighted by Gasteiger charge is 2.33. The van der Waals surface area contributed by atoms with E-state index in [4.69, 9.17) is 12.2 Å². The maximum Gasteiger partial charge on any atom is 0.174 e. The molecular formula is C19H22N2O2S2. The number of nitrogens with zero attached hydrogens (tertiary/aromatic N) is 1. The van der Waals surface area contributed by atoms with E-state index in [1.54, 1.807) is 0 Å². The summed E-state index contributed by atoms with van der Waals surface area (Å²) in [5.41, 5.74) is 3.20. The lowest BCUT2D eigenvalue weighted by molar-refractivity contribution is 0.332. The number of nitrogens with one attached hydrogen (secondary N) is 1. The molecule has 1 heterocycles. The smallest absolute Gasteiger partial charge is 0.174 e. The molecule has 6 heteroatoms. The van der Waals surface area contributed by atoms with Gasteiger partial charge < -0.3 is 10.2 Å². The van der Waals surface area contributed by atoms with E-state index >= 15 is 0 Å². The van der Waals surface area contributed by atoms with Crippen LogP contribution >= 0.6 is 12.2 Å². The monoisotopic (exact) mass is 374 g/mol. The summed E-state index contributed by atoms with van der Waals surface area (Å²) in [6, 6.07) is 17.9. The van der Waals surface area contributed by atoms with Crippen molar-refractivity contribution in [1.29, 1.82) is 0 Å². The van der Waals surface area contributed by atoms with Crippen molar-refractivity contribution in [3.63, 3.8) is 0 Å². The van der Waals surface area contributed by atoms with E-state index in [2.05, 4.69) is 5.32 Å². The van der Waals surface area contributed by atoms with E-state index in [0.717, 1.165) is 11.3 Å². The zero-order chi connectivity index (χ0) is 17.9. The molecule has 0 aliphatic carbocycles. The maximum atomic E-state index is 11.9. The number of thiocarbonyl (C=S) groups is 1. The Labute approximate surface area is 154 Å². The first kappa shape index (κ1) is 17.9. The third-order valence-electron chi connectivity index (χ3n) is 4.41. The van der Waals surface area contributed by atoms with Gasteiger partial charge in [-0.15, -0.1) is 0 Å². The quantitative estimate of drug-likeness (QED) is 0.832. The zero-order valence-corrected chi connectivity index (χ0v) is 15.8. The number of anilines is 1. The van der Waals surface area contributed by atoms with Crippen molar-refractivity contribution in [2.24, 2.45) is 0 Å². The highest BCUT2D eigenvalue weighted by atomic mass is 32.2. The van der Waals surface area contributed by atoms with Crippen LogP contribution in [0.5, 0.6) is 0 Å². The van der Waals surface area contributed by atoms with E-state index in [1.807, 2.05) is 66.4 Å². The minimum atomic E-state index is -2.97. The fraction of sp³-hybridized carbons (Fsp3) is 0.316. The SMILES string of the molecule is Cc1ccc(NC(=S)N(Cc2ccccc2)[C@@H]2CCS(=O)(=O)C2)cc1. The molecule has 0 aromatic heterocycles. The Kier molecular flexibility index (Phi) is 5.39. The summed E-state index contributed by atoms with van der Waals surface area (Å²) in [6.07, 6.45) is 0.616. The van der Waals surface area contributed by atoms with E-state index in [0.29, 0.717) is 18.1 Å². The second kappa shape index (κ2) is 7.54. The van der Waals surface area contributed by atoms with Crippen LogP contribution in [0.3, 0.4) is 0 Å². The molecule has 3 rings (SSSR count). The highest BCUT2D eigenvalue weighted by Crippen LogP contribution is 2.22. The van der Waals surface area contributed by atoms with Gasteiger partial charge in [0.15, 0.2) is 14.9 Å². The van der Waals surface area contributed by atoms with Crippen LogP contribution in [0.4, 0.5) is 5.69 Å². The van der Waals surface area contributed by atoms with Gasteiger partial charge in [-0.3, -0.25) is 0 Å². The molecule has 1 aliphatic heterocycles. The molecule has 0 unspecified atom stereocenters. The first-order valence-corrected chi connectivity index (χ1v) is 10.5. The lowest BCUT2D eigenvalue weighted by atomic mass is 10.1. The molecule has 1 saturated heterocycles. The highest BCUT2D eigenvalue weighted by molar-refractivity contribution is 7.91. The van der Waals surface area contributed by atoms with E-state index in [9.17, 15) is 8.42 Å². The lowest BCUT2D eigenvalue weighted by Gasteiger charge is -2.31. The molecule has 0 spiro atoms. The summed E-state index contributed by atoms with van der Waals surface area (Å²) in [4.78, 5) is 2.01. The molecule has 1 fully saturated rings. The van der Waals surface area contributed by atoms with Crippen LogP contribution in [0.25, 0.3) is 0 Å². The minimum Gasteiger partial charge on any atom is -0.341 e. The molecule has 0 saturated carbocycles. The Hall–Kier alpha value is -1.92. The van der Waals surface area contributed by atoms with E-state index in [1.165, 1.54) is 5.56 Å². The summed E-state index contributed by atoms with van der Waals surface area (Å²) in [6.45, 7) is 2.63. The Balaban J connectivity index is 1.79. The normalized spacial score (nSPS) is 18.7. The second-order valence-corrected chi connectivity index (χ2v) is 9.08. The molecule has 2 aromatic rings. The summed E-state index contributed by atoms with van der Waals surface area (Å²) >= 11 is 5.62. The van der Waals surface area contributed by atoms with Crippen molar-refractivity contribution in [3.8, 4) is 0 Å². The third kappa shape index (κ3) is 4.80. The number of aryl methyl sites for hydroxylation is 1. The Morgan fingerprint density at radius 3 is 2.44 bits per heavy atom. The van der Waals surface area contributed by atoms with Gasteiger partial charge in [-0.1, -0.05) is 48.0 Å². The third-order valence-corrected chi connectivity index (χ3v) is 6.50. The van der Waals surface area contributed by atoms with E-state index in [-0.39, 0.29) is 17.5 Å². The Morgan fingerprint density at radius 2 is 1.84 bits per heavy atom. The lowest BCUT2D eigenvalue weighted by Crippen LogP contribution is -2.42. The number of sulfone groups is 1. The van der Waals surface area contributed by atoms with Crippen molar-refractivity contribution in [2.45, 2.75) is 25.9 Å². The fourth-order valence-electron chi connectivity index (χ4n) is 3.00. The van der Waals surface area contributed by atoms with Crippen molar-refractivity contribution < 1.29 is 8.42 Å². The molecule has 132 valence electrons. The van der Waals surface area contributed by atoms with Gasteiger partial charge in [-0.2, -0.15) is 0 Å². The number of hydrogen-bond acceptors (Lipinski definition) is 3. The summed E-state index contributed by atoms with van der Waals surface area (Å²) in [5.74, 6) is 0.394. The van der Waals surface area contributed by atoms with Crippen LogP contribution in [0.15, 0.2) is 54.6 Å². The van der Waals surface area contributed by atoms with Crippen molar-refractivity contribution in [1.82, 2.24) is 4.90 Å². The molecule has 0 bridgehead atoms. The van der Waals surface area contributed by atoms with Crippen molar-refractivity contribution in [2.75, 3.05) is 16.8 Å². The maximum absolute atomic E-state index is 11.9. The second-order valence-electron chi connectivity index (χ2n) is 6.47. The summed E-state index contributed by atoms with van der Waals surface area (Å²) in [7, 11) is -2.97. The minimum absolute atomic E-state index is 0.0874. The summed E-state index contributed by atoms with van der Waals surface area (Å²) < 4.78 is 23.9. The molecule has 1 aliphatic rings. The Morgan fingerprint density at radius 1 is 1.16 bits per heavy atom. The first-order chi connectivity index (χ1) is 11.9. The topological polar surface area (TPSA) is 49.4 Å². The van der Waals surface area contributed by atoms with Crippen molar-refractivity contribution in [3.05, 3.63) is 65.7 Å². The molecular weight excluding hydrogens is 352 g/mol. The Bertz CT molecular complexity index is 833. The number of hydrogen-bond donors (Lipinski definition) is 1. The molecule has 2 aromatic carbocycles. The average Bonchev–Trinajstić information content (AvgIpc) is 2.95. The van der Waals surface area contributed by atoms with Gasteiger partial charge in [0.05, 0.1) is 11.5 Å². The fourth-order valence-corrected chi connectivity index (χ4v) is 5.06. The number of benzene rings is 2.